The minimum atomic E-state index is -0.312. The number of nitrogens with zero attached hydrogens (tertiary/aromatic N) is 1. The van der Waals surface area contributed by atoms with Gasteiger partial charge >= 0.3 is 0 Å². The van der Waals surface area contributed by atoms with Crippen LogP contribution in [0.5, 0.6) is 5.75 Å². The molecule has 1 heterocycles. The van der Waals surface area contributed by atoms with E-state index in [1.165, 1.54) is 6.07 Å². The van der Waals surface area contributed by atoms with E-state index in [2.05, 4.69) is 5.32 Å². The van der Waals surface area contributed by atoms with Crippen molar-refractivity contribution in [3.63, 3.8) is 0 Å². The van der Waals surface area contributed by atoms with Gasteiger partial charge in [0.2, 0.25) is 0 Å². The first-order valence-corrected chi connectivity index (χ1v) is 4.94. The highest BCUT2D eigenvalue weighted by Gasteiger charge is 2.16. The molecule has 3 heteroatoms. The number of hydrogen-bond donors (Lipinski definition) is 0. The second-order valence-corrected chi connectivity index (χ2v) is 3.40. The predicted octanol–water partition coefficient (Wildman–Crippen LogP) is 2.32. The van der Waals surface area contributed by atoms with Crippen molar-refractivity contribution in [1.82, 2.24) is 5.32 Å². The predicted molar refractivity (Wildman–Crippen MR) is 51.7 cm³/mol. The summed E-state index contributed by atoms with van der Waals surface area (Å²) in [5.74, 6) is -0.00331. The topological polar surface area (TPSA) is 23.3 Å². The van der Waals surface area contributed by atoms with Crippen LogP contribution in [-0.2, 0) is 0 Å². The molecule has 0 saturated carbocycles. The van der Waals surface area contributed by atoms with Gasteiger partial charge in [-0.2, -0.15) is 0 Å². The van der Waals surface area contributed by atoms with Crippen LogP contribution in [0.4, 0.5) is 4.39 Å². The lowest BCUT2D eigenvalue weighted by atomic mass is 10.1. The normalized spacial score (nSPS) is 21.9. The summed E-state index contributed by atoms with van der Waals surface area (Å²) in [6.45, 7) is 0.832. The van der Waals surface area contributed by atoms with E-state index < -0.39 is 0 Å². The SMILES string of the molecule is Fc1ccccc1OC1CCCC[N]1. The molecule has 2 rings (SSSR count). The molecule has 0 aromatic heterocycles. The highest BCUT2D eigenvalue weighted by atomic mass is 19.1. The van der Waals surface area contributed by atoms with Gasteiger partial charge in [-0.25, -0.2) is 9.71 Å². The molecule has 0 spiro atoms. The Morgan fingerprint density at radius 2 is 2.14 bits per heavy atom. The Morgan fingerprint density at radius 3 is 2.86 bits per heavy atom. The summed E-state index contributed by atoms with van der Waals surface area (Å²) in [7, 11) is 0. The van der Waals surface area contributed by atoms with Gasteiger partial charge in [0.15, 0.2) is 17.8 Å². The van der Waals surface area contributed by atoms with Gasteiger partial charge in [-0.1, -0.05) is 12.1 Å². The quantitative estimate of drug-likeness (QED) is 0.708. The first-order chi connectivity index (χ1) is 6.86. The third-order valence-electron chi connectivity index (χ3n) is 2.29. The minimum absolute atomic E-state index is 0.152. The third-order valence-corrected chi connectivity index (χ3v) is 2.29. The summed E-state index contributed by atoms with van der Waals surface area (Å²) in [6, 6.07) is 6.46. The molecule has 1 aromatic carbocycles. The summed E-state index contributed by atoms with van der Waals surface area (Å²) >= 11 is 0. The minimum Gasteiger partial charge on any atom is -0.471 e. The van der Waals surface area contributed by atoms with Gasteiger partial charge in [-0.05, 0) is 31.4 Å². The van der Waals surface area contributed by atoms with E-state index in [0.717, 1.165) is 25.8 Å². The first-order valence-electron chi connectivity index (χ1n) is 4.94. The van der Waals surface area contributed by atoms with E-state index >= 15 is 0 Å². The molecule has 1 saturated heterocycles. The van der Waals surface area contributed by atoms with Crippen molar-refractivity contribution in [3.8, 4) is 5.75 Å². The van der Waals surface area contributed by atoms with E-state index in [4.69, 9.17) is 4.74 Å². The summed E-state index contributed by atoms with van der Waals surface area (Å²) < 4.78 is 18.6. The number of piperidine rings is 1. The van der Waals surface area contributed by atoms with E-state index in [1.807, 2.05) is 0 Å². The number of hydrogen-bond acceptors (Lipinski definition) is 1. The van der Waals surface area contributed by atoms with Gasteiger partial charge in [-0.15, -0.1) is 0 Å². The molecule has 1 radical (unpaired) electrons. The molecule has 0 bridgehead atoms. The van der Waals surface area contributed by atoms with Crippen molar-refractivity contribution < 1.29 is 9.13 Å². The number of benzene rings is 1. The second kappa shape index (κ2) is 4.42. The van der Waals surface area contributed by atoms with Crippen molar-refractivity contribution in [2.75, 3.05) is 6.54 Å². The maximum atomic E-state index is 13.2. The Bertz CT molecular complexity index is 297. The van der Waals surface area contributed by atoms with Crippen LogP contribution in [0, 0.1) is 5.82 Å². The van der Waals surface area contributed by atoms with Crippen LogP contribution in [0.1, 0.15) is 19.3 Å². The van der Waals surface area contributed by atoms with Crippen molar-refractivity contribution in [2.24, 2.45) is 0 Å². The molecule has 0 amide bonds. The Morgan fingerprint density at radius 1 is 1.29 bits per heavy atom. The first kappa shape index (κ1) is 9.46. The molecule has 14 heavy (non-hydrogen) atoms. The fourth-order valence-corrected chi connectivity index (χ4v) is 1.54. The summed E-state index contributed by atoms with van der Waals surface area (Å²) in [6.07, 6.45) is 2.98. The van der Waals surface area contributed by atoms with Crippen molar-refractivity contribution in [3.05, 3.63) is 30.1 Å². The standard InChI is InChI=1S/C11H13FNO/c12-9-5-1-2-6-10(9)14-11-7-3-4-8-13-11/h1-2,5-6,11H,3-4,7-8H2. The smallest absolute Gasteiger partial charge is 0.165 e. The lowest BCUT2D eigenvalue weighted by Crippen LogP contribution is -2.32. The Kier molecular flexibility index (Phi) is 2.99. The molecular weight excluding hydrogens is 181 g/mol. The monoisotopic (exact) mass is 194 g/mol. The highest BCUT2D eigenvalue weighted by Crippen LogP contribution is 2.19. The lowest BCUT2D eigenvalue weighted by Gasteiger charge is -2.22. The average Bonchev–Trinajstić information content (AvgIpc) is 2.23. The lowest BCUT2D eigenvalue weighted by molar-refractivity contribution is 0.123. The maximum Gasteiger partial charge on any atom is 0.165 e. The summed E-state index contributed by atoms with van der Waals surface area (Å²) in [4.78, 5) is 0. The molecule has 2 nitrogen and oxygen atoms in total. The van der Waals surface area contributed by atoms with Crippen molar-refractivity contribution in [1.29, 1.82) is 0 Å². The average molecular weight is 194 g/mol. The van der Waals surface area contributed by atoms with Crippen LogP contribution in [0.3, 0.4) is 0 Å². The molecule has 1 aromatic rings. The zero-order chi connectivity index (χ0) is 9.80. The molecule has 1 aliphatic heterocycles. The number of rotatable bonds is 2. The van der Waals surface area contributed by atoms with Crippen LogP contribution in [-0.4, -0.2) is 12.8 Å². The van der Waals surface area contributed by atoms with Gasteiger partial charge < -0.3 is 4.74 Å². The van der Waals surface area contributed by atoms with Gasteiger partial charge in [-0.3, -0.25) is 0 Å². The largest absolute Gasteiger partial charge is 0.471 e. The zero-order valence-corrected chi connectivity index (χ0v) is 7.95. The summed E-state index contributed by atoms with van der Waals surface area (Å²) in [5.41, 5.74) is 0. The Hall–Kier alpha value is -1.09. The molecule has 1 aliphatic rings. The molecular formula is C11H13FNO. The zero-order valence-electron chi connectivity index (χ0n) is 7.95. The molecule has 0 N–H and O–H groups in total. The van der Waals surface area contributed by atoms with Crippen molar-refractivity contribution in [2.45, 2.75) is 25.5 Å². The Balaban J connectivity index is 1.99. The molecule has 1 fully saturated rings. The number of halogens is 1. The maximum absolute atomic E-state index is 13.2. The number of para-hydroxylation sites is 1. The van der Waals surface area contributed by atoms with Gasteiger partial charge in [0.1, 0.15) is 0 Å². The van der Waals surface area contributed by atoms with E-state index in [1.54, 1.807) is 18.2 Å². The Labute approximate surface area is 83.1 Å². The number of ether oxygens (including phenoxy) is 1. The van der Waals surface area contributed by atoms with Crippen molar-refractivity contribution >= 4 is 0 Å². The third kappa shape index (κ3) is 2.23. The fraction of sp³-hybridized carbons (Fsp3) is 0.455. The van der Waals surface area contributed by atoms with Crippen LogP contribution in [0.2, 0.25) is 0 Å². The van der Waals surface area contributed by atoms with Crippen LogP contribution in [0.15, 0.2) is 24.3 Å². The second-order valence-electron chi connectivity index (χ2n) is 3.40. The van der Waals surface area contributed by atoms with Gasteiger partial charge in [0.05, 0.1) is 0 Å². The van der Waals surface area contributed by atoms with Crippen LogP contribution < -0.4 is 10.1 Å². The molecule has 1 atom stereocenters. The molecule has 1 unspecified atom stereocenters. The van der Waals surface area contributed by atoms with Gasteiger partial charge in [0, 0.05) is 6.54 Å². The van der Waals surface area contributed by atoms with Gasteiger partial charge in [0.25, 0.3) is 0 Å². The van der Waals surface area contributed by atoms with E-state index in [0.29, 0.717) is 5.75 Å². The van der Waals surface area contributed by atoms with E-state index in [9.17, 15) is 4.39 Å². The van der Waals surface area contributed by atoms with E-state index in [-0.39, 0.29) is 12.0 Å². The van der Waals surface area contributed by atoms with Crippen LogP contribution in [0.25, 0.3) is 0 Å². The summed E-state index contributed by atoms with van der Waals surface area (Å²) in [5, 5.41) is 4.28. The fourth-order valence-electron chi connectivity index (χ4n) is 1.54. The van der Waals surface area contributed by atoms with Crippen LogP contribution >= 0.6 is 0 Å². The molecule has 0 aliphatic carbocycles. The molecule has 75 valence electrons. The highest BCUT2D eigenvalue weighted by molar-refractivity contribution is 5.23.